The lowest BCUT2D eigenvalue weighted by Crippen LogP contribution is -2.53. The third-order valence-corrected chi connectivity index (χ3v) is 8.56. The van der Waals surface area contributed by atoms with Gasteiger partial charge in [0.05, 0.1) is 12.8 Å². The van der Waals surface area contributed by atoms with Gasteiger partial charge in [-0.05, 0) is 68.8 Å². The molecule has 0 amide bonds. The average Bonchev–Trinajstić information content (AvgIpc) is 3.34. The molecular weight excluding hydrogens is 532 g/mol. The summed E-state index contributed by atoms with van der Waals surface area (Å²) in [6, 6.07) is 25.1. The van der Waals surface area contributed by atoms with Crippen LogP contribution in [0.4, 0.5) is 5.69 Å². The van der Waals surface area contributed by atoms with Crippen molar-refractivity contribution in [1.82, 2.24) is 14.4 Å². The number of likely N-dealkylation sites (tertiary alicyclic amines) is 1. The molecule has 0 unspecified atom stereocenters. The fraction of sp³-hybridized carbons (Fsp3) is 0.394. The lowest BCUT2D eigenvalue weighted by atomic mass is 10.0. The summed E-state index contributed by atoms with van der Waals surface area (Å²) < 4.78 is 8.03. The largest absolute Gasteiger partial charge is 0.495 e. The Balaban J connectivity index is 0.000000535. The van der Waals surface area contributed by atoms with E-state index in [0.717, 1.165) is 45.0 Å². The Hall–Kier alpha value is -4.08. The van der Waals surface area contributed by atoms with Gasteiger partial charge in [0.25, 0.3) is 0 Å². The molecule has 1 aromatic heterocycles. The maximum atomic E-state index is 9.10. The fourth-order valence-electron chi connectivity index (χ4n) is 6.46. The smallest absolute Gasteiger partial charge is 0.414 e. The Morgan fingerprint density at radius 3 is 2.12 bits per heavy atom. The van der Waals surface area contributed by atoms with Crippen LogP contribution in [0.15, 0.2) is 66.7 Å². The molecule has 2 N–H and O–H groups in total. The highest BCUT2D eigenvalue weighted by molar-refractivity contribution is 6.27. The molecule has 0 bridgehead atoms. The molecule has 0 spiro atoms. The lowest BCUT2D eigenvalue weighted by molar-refractivity contribution is -0.159. The Morgan fingerprint density at radius 2 is 1.45 bits per heavy atom. The number of nitrogens with zero attached hydrogens (tertiary/aromatic N) is 4. The van der Waals surface area contributed by atoms with Crippen LogP contribution in [0.25, 0.3) is 21.8 Å². The number of aliphatic carboxylic acids is 2. The minimum Gasteiger partial charge on any atom is -0.495 e. The number of carboxylic acid groups (broad SMARTS) is 2. The number of piperidine rings is 1. The van der Waals surface area contributed by atoms with Gasteiger partial charge in [-0.3, -0.25) is 9.80 Å². The molecule has 9 nitrogen and oxygen atoms in total. The Kier molecular flexibility index (Phi) is 9.29. The second-order valence-corrected chi connectivity index (χ2v) is 10.9. The minimum atomic E-state index is -1.82. The summed E-state index contributed by atoms with van der Waals surface area (Å²) in [5.74, 6) is -2.67. The van der Waals surface area contributed by atoms with Crippen LogP contribution in [-0.4, -0.2) is 88.9 Å². The van der Waals surface area contributed by atoms with E-state index < -0.39 is 11.9 Å². The third-order valence-electron chi connectivity index (χ3n) is 8.56. The van der Waals surface area contributed by atoms with E-state index in [4.69, 9.17) is 24.5 Å². The summed E-state index contributed by atoms with van der Waals surface area (Å²) in [6.45, 7) is 11.1. The van der Waals surface area contributed by atoms with Gasteiger partial charge in [0.1, 0.15) is 5.75 Å². The topological polar surface area (TPSA) is 98.5 Å². The molecule has 2 aliphatic rings. The Morgan fingerprint density at radius 1 is 0.810 bits per heavy atom. The van der Waals surface area contributed by atoms with Crippen LogP contribution in [0.1, 0.15) is 25.3 Å². The maximum Gasteiger partial charge on any atom is 0.414 e. The summed E-state index contributed by atoms with van der Waals surface area (Å²) in [4.78, 5) is 26.1. The molecule has 2 aliphatic heterocycles. The number of rotatable bonds is 6. The predicted octanol–water partition coefficient (Wildman–Crippen LogP) is 4.77. The molecule has 222 valence electrons. The second-order valence-electron chi connectivity index (χ2n) is 10.9. The molecule has 0 saturated carbocycles. The van der Waals surface area contributed by atoms with Crippen molar-refractivity contribution in [2.75, 3.05) is 51.3 Å². The number of anilines is 1. The first-order valence-corrected chi connectivity index (χ1v) is 14.7. The number of carboxylic acids is 2. The number of benzene rings is 3. The maximum absolute atomic E-state index is 9.10. The molecule has 9 heteroatoms. The van der Waals surface area contributed by atoms with E-state index in [1.165, 1.54) is 59.0 Å². The predicted molar refractivity (Wildman–Crippen MR) is 165 cm³/mol. The summed E-state index contributed by atoms with van der Waals surface area (Å²) in [5, 5.41) is 17.6. The van der Waals surface area contributed by atoms with Gasteiger partial charge in [-0.15, -0.1) is 0 Å². The monoisotopic (exact) mass is 572 g/mol. The highest BCUT2D eigenvalue weighted by Gasteiger charge is 2.28. The molecule has 0 aliphatic carbocycles. The van der Waals surface area contributed by atoms with Crippen molar-refractivity contribution in [3.8, 4) is 5.75 Å². The first-order chi connectivity index (χ1) is 20.4. The summed E-state index contributed by atoms with van der Waals surface area (Å²) in [6.07, 6.45) is 2.54. The minimum absolute atomic E-state index is 0.714. The van der Waals surface area contributed by atoms with E-state index in [2.05, 4.69) is 86.9 Å². The van der Waals surface area contributed by atoms with E-state index in [-0.39, 0.29) is 0 Å². The van der Waals surface area contributed by atoms with E-state index in [0.29, 0.717) is 6.04 Å². The van der Waals surface area contributed by atoms with Gasteiger partial charge in [0.2, 0.25) is 0 Å². The lowest BCUT2D eigenvalue weighted by Gasteiger charge is -2.43. The zero-order valence-corrected chi connectivity index (χ0v) is 24.4. The first-order valence-electron chi connectivity index (χ1n) is 14.7. The van der Waals surface area contributed by atoms with Gasteiger partial charge in [-0.2, -0.15) is 0 Å². The molecule has 0 radical (unpaired) electrons. The van der Waals surface area contributed by atoms with E-state index >= 15 is 0 Å². The number of para-hydroxylation sites is 3. The number of piperazine rings is 1. The number of carbonyl (C=O) groups is 2. The van der Waals surface area contributed by atoms with Crippen LogP contribution < -0.4 is 9.64 Å². The van der Waals surface area contributed by atoms with Gasteiger partial charge < -0.3 is 24.4 Å². The van der Waals surface area contributed by atoms with Crippen LogP contribution >= 0.6 is 0 Å². The first kappa shape index (κ1) is 29.4. The van der Waals surface area contributed by atoms with Gasteiger partial charge in [-0.1, -0.05) is 36.4 Å². The molecule has 0 atom stereocenters. The van der Waals surface area contributed by atoms with E-state index in [1.54, 1.807) is 7.11 Å². The summed E-state index contributed by atoms with van der Waals surface area (Å²) in [7, 11) is 1.77. The number of hydrogen-bond donors (Lipinski definition) is 2. The van der Waals surface area contributed by atoms with Gasteiger partial charge >= 0.3 is 11.9 Å². The van der Waals surface area contributed by atoms with Crippen molar-refractivity contribution in [2.45, 2.75) is 38.9 Å². The highest BCUT2D eigenvalue weighted by Crippen LogP contribution is 2.31. The van der Waals surface area contributed by atoms with Crippen molar-refractivity contribution in [3.05, 3.63) is 72.3 Å². The molecule has 2 saturated heterocycles. The van der Waals surface area contributed by atoms with Crippen molar-refractivity contribution in [1.29, 1.82) is 0 Å². The standard InChI is InChI=1S/C31H38N4O.C2H2O4/c1-3-35-28-9-5-4-8-26(28)27-22-24(12-13-29(27)35)23-32-16-14-25(15-17-32)33-18-20-34(21-19-33)30-10-6-7-11-31(30)36-2;3-1(4)2(5)6/h4-13,22,25H,3,14-21,23H2,1-2H3;(H,3,4)(H,5,6). The fourth-order valence-corrected chi connectivity index (χ4v) is 6.46. The number of ether oxygens (including phenoxy) is 1. The van der Waals surface area contributed by atoms with Gasteiger partial charge in [0.15, 0.2) is 0 Å². The van der Waals surface area contributed by atoms with Crippen molar-refractivity contribution < 1.29 is 24.5 Å². The summed E-state index contributed by atoms with van der Waals surface area (Å²) in [5.41, 5.74) is 5.37. The van der Waals surface area contributed by atoms with E-state index in [1.807, 2.05) is 6.07 Å². The van der Waals surface area contributed by atoms with Gasteiger partial charge in [-0.25, -0.2) is 9.59 Å². The molecule has 6 rings (SSSR count). The van der Waals surface area contributed by atoms with Crippen LogP contribution in [0.3, 0.4) is 0 Å². The number of methoxy groups -OCH3 is 1. The SMILES string of the molecule is CCn1c2ccccc2c2cc(CN3CCC(N4CCN(c5ccccc5OC)CC4)CC3)ccc21.O=C(O)C(=O)O. The molecule has 42 heavy (non-hydrogen) atoms. The summed E-state index contributed by atoms with van der Waals surface area (Å²) >= 11 is 0. The number of aryl methyl sites for hydroxylation is 1. The Bertz CT molecular complexity index is 1520. The third kappa shape index (κ3) is 6.37. The second kappa shape index (κ2) is 13.3. The van der Waals surface area contributed by atoms with Gasteiger partial charge in [0, 0.05) is 67.1 Å². The zero-order valence-electron chi connectivity index (χ0n) is 24.4. The quantitative estimate of drug-likeness (QED) is 0.319. The van der Waals surface area contributed by atoms with Crippen LogP contribution in [0.2, 0.25) is 0 Å². The Labute approximate surface area is 246 Å². The van der Waals surface area contributed by atoms with E-state index in [9.17, 15) is 0 Å². The average molecular weight is 573 g/mol. The van der Waals surface area contributed by atoms with Crippen LogP contribution in [0.5, 0.6) is 5.75 Å². The van der Waals surface area contributed by atoms with Crippen LogP contribution in [-0.2, 0) is 22.7 Å². The number of hydrogen-bond acceptors (Lipinski definition) is 6. The molecule has 2 fully saturated rings. The van der Waals surface area contributed by atoms with Crippen molar-refractivity contribution in [3.63, 3.8) is 0 Å². The normalized spacial score (nSPS) is 16.8. The zero-order chi connectivity index (χ0) is 29.6. The molecule has 4 aromatic rings. The van der Waals surface area contributed by atoms with Crippen LogP contribution in [0, 0.1) is 0 Å². The number of fused-ring (bicyclic) bond motifs is 3. The molecule has 3 heterocycles. The number of aromatic nitrogens is 1. The molecule has 3 aromatic carbocycles. The van der Waals surface area contributed by atoms with Crippen molar-refractivity contribution in [2.24, 2.45) is 0 Å². The highest BCUT2D eigenvalue weighted by atomic mass is 16.5. The van der Waals surface area contributed by atoms with Crippen molar-refractivity contribution >= 4 is 39.4 Å². The molecular formula is C33H40N4O5.